The molecule has 0 atom stereocenters. The second kappa shape index (κ2) is 3.12. The molecule has 0 unspecified atom stereocenters. The van der Waals surface area contributed by atoms with Crippen molar-refractivity contribution < 1.29 is 12.8 Å². The normalized spacial score (nSPS) is 13.5. The van der Waals surface area contributed by atoms with Crippen molar-refractivity contribution in [1.29, 1.82) is 0 Å². The summed E-state index contributed by atoms with van der Waals surface area (Å²) in [4.78, 5) is 9.62. The summed E-state index contributed by atoms with van der Waals surface area (Å²) >= 11 is 0. The van der Waals surface area contributed by atoms with Gasteiger partial charge in [0.15, 0.2) is 0 Å². The lowest BCUT2D eigenvalue weighted by Gasteiger charge is -1.93. The van der Waals surface area contributed by atoms with Crippen molar-refractivity contribution >= 4 is 5.69 Å². The molecule has 0 spiro atoms. The van der Waals surface area contributed by atoms with E-state index in [1.807, 2.05) is 0 Å². The number of non-ortho nitro benzene ring substituents is 1. The van der Waals surface area contributed by atoms with Gasteiger partial charge in [-0.3, -0.25) is 10.1 Å². The molecule has 0 heterocycles. The lowest BCUT2D eigenvalue weighted by atomic mass is 10.2. The second-order valence-corrected chi connectivity index (χ2v) is 1.92. The van der Waals surface area contributed by atoms with Crippen LogP contribution in [0.1, 0.15) is 8.30 Å². The summed E-state index contributed by atoms with van der Waals surface area (Å²) in [6.07, 6.45) is 0. The molecule has 0 fully saturated rings. The molecule has 1 aromatic carbocycles. The van der Waals surface area contributed by atoms with Gasteiger partial charge in [0.25, 0.3) is 5.69 Å². The third-order valence-corrected chi connectivity index (χ3v) is 1.21. The van der Waals surface area contributed by atoms with E-state index in [0.717, 1.165) is 12.1 Å². The molecule has 0 amide bonds. The number of aliphatic hydroxyl groups is 1. The first kappa shape index (κ1) is 5.26. The molecule has 4 heteroatoms. The minimum Gasteiger partial charge on any atom is -0.392 e. The van der Waals surface area contributed by atoms with Crippen LogP contribution in [-0.2, 0) is 6.56 Å². The van der Waals surface area contributed by atoms with Crippen LogP contribution in [0.2, 0.25) is 0 Å². The molecular formula is C7H7NO3. The molecule has 11 heavy (non-hydrogen) atoms. The van der Waals surface area contributed by atoms with Crippen LogP contribution in [0.5, 0.6) is 0 Å². The maximum atomic E-state index is 10.2. The van der Waals surface area contributed by atoms with Gasteiger partial charge in [-0.25, -0.2) is 0 Å². The topological polar surface area (TPSA) is 63.4 Å². The first-order valence-electron chi connectivity index (χ1n) is 3.88. The fourth-order valence-electron chi connectivity index (χ4n) is 0.658. The first-order chi connectivity index (χ1) is 5.91. The van der Waals surface area contributed by atoms with Crippen molar-refractivity contribution in [3.63, 3.8) is 0 Å². The number of nitro benzene ring substituents is 1. The molecule has 0 radical (unpaired) electrons. The second-order valence-electron chi connectivity index (χ2n) is 1.92. The molecule has 1 aromatic rings. The Bertz CT molecular complexity index is 318. The molecule has 0 aromatic heterocycles. The lowest BCUT2D eigenvalue weighted by Crippen LogP contribution is -1.88. The Morgan fingerprint density at radius 1 is 1.55 bits per heavy atom. The Hall–Kier alpha value is -1.42. The molecule has 0 saturated carbocycles. The average molecular weight is 155 g/mol. The van der Waals surface area contributed by atoms with Crippen LogP contribution in [0.4, 0.5) is 5.69 Å². The van der Waals surface area contributed by atoms with Crippen LogP contribution < -0.4 is 0 Å². The Morgan fingerprint density at radius 3 is 2.45 bits per heavy atom. The van der Waals surface area contributed by atoms with E-state index in [0.29, 0.717) is 0 Å². The zero-order chi connectivity index (χ0) is 10.1. The zero-order valence-corrected chi connectivity index (χ0v) is 5.52. The Morgan fingerprint density at radius 2 is 2.09 bits per heavy atom. The number of nitrogens with zero attached hydrogens (tertiary/aromatic N) is 1. The summed E-state index contributed by atoms with van der Waals surface area (Å²) in [5.41, 5.74) is -0.133. The smallest absolute Gasteiger partial charge is 0.269 e. The highest BCUT2D eigenvalue weighted by atomic mass is 16.6. The van der Waals surface area contributed by atoms with Crippen molar-refractivity contribution in [3.05, 3.63) is 39.9 Å². The Kier molecular flexibility index (Phi) is 1.49. The van der Waals surface area contributed by atoms with Gasteiger partial charge in [0.05, 0.1) is 14.2 Å². The molecular weight excluding hydrogens is 146 g/mol. The van der Waals surface area contributed by atoms with Crippen molar-refractivity contribution in [3.8, 4) is 0 Å². The Balaban J connectivity index is 3.01. The molecule has 1 N–H and O–H groups in total. The van der Waals surface area contributed by atoms with E-state index >= 15 is 0 Å². The van der Waals surface area contributed by atoms with E-state index in [1.54, 1.807) is 0 Å². The van der Waals surface area contributed by atoms with Crippen molar-refractivity contribution in [2.45, 2.75) is 6.56 Å². The average Bonchev–Trinajstić information content (AvgIpc) is 2.03. The van der Waals surface area contributed by atoms with E-state index < -0.39 is 11.5 Å². The number of hydrogen-bond acceptors (Lipinski definition) is 3. The SMILES string of the molecule is [2H]C([2H])(O)c1ccc([N+](=O)[O-])cc1. The highest BCUT2D eigenvalue weighted by Crippen LogP contribution is 2.11. The third-order valence-electron chi connectivity index (χ3n) is 1.21. The lowest BCUT2D eigenvalue weighted by molar-refractivity contribution is -0.384. The van der Waals surface area contributed by atoms with E-state index in [9.17, 15) is 10.1 Å². The standard InChI is InChI=1S/C7H7NO3/c9-5-6-1-3-7(4-2-6)8(10)11/h1-4,9H,5H2/i5D2. The first-order valence-corrected chi connectivity index (χ1v) is 2.88. The van der Waals surface area contributed by atoms with Crippen LogP contribution >= 0.6 is 0 Å². The molecule has 0 aliphatic heterocycles. The zero-order valence-electron chi connectivity index (χ0n) is 7.52. The highest BCUT2D eigenvalue weighted by molar-refractivity contribution is 5.32. The summed E-state index contributed by atoms with van der Waals surface area (Å²) in [6.45, 7) is -2.45. The van der Waals surface area contributed by atoms with E-state index in [2.05, 4.69) is 0 Å². The number of rotatable bonds is 2. The van der Waals surface area contributed by atoms with E-state index in [4.69, 9.17) is 7.85 Å². The molecule has 0 aliphatic carbocycles. The van der Waals surface area contributed by atoms with Gasteiger partial charge in [-0.2, -0.15) is 0 Å². The van der Waals surface area contributed by atoms with Crippen molar-refractivity contribution in [2.24, 2.45) is 0 Å². The van der Waals surface area contributed by atoms with Gasteiger partial charge in [-0.05, 0) is 17.7 Å². The van der Waals surface area contributed by atoms with Gasteiger partial charge in [0, 0.05) is 12.1 Å². The van der Waals surface area contributed by atoms with Gasteiger partial charge in [0.1, 0.15) is 0 Å². The van der Waals surface area contributed by atoms with Crippen molar-refractivity contribution in [1.82, 2.24) is 0 Å². The van der Waals surface area contributed by atoms with E-state index in [-0.39, 0.29) is 11.3 Å². The molecule has 0 saturated heterocycles. The minimum atomic E-state index is -2.45. The fourth-order valence-corrected chi connectivity index (χ4v) is 0.658. The summed E-state index contributed by atoms with van der Waals surface area (Å²) in [7, 11) is 0. The molecule has 4 nitrogen and oxygen atoms in total. The maximum Gasteiger partial charge on any atom is 0.269 e. The number of hydrogen-bond donors (Lipinski definition) is 1. The van der Waals surface area contributed by atoms with Gasteiger partial charge >= 0.3 is 0 Å². The summed E-state index contributed by atoms with van der Waals surface area (Å²) in [5.74, 6) is 0. The predicted octanol–water partition coefficient (Wildman–Crippen LogP) is 1.09. The van der Waals surface area contributed by atoms with Crippen LogP contribution in [0.25, 0.3) is 0 Å². The summed E-state index contributed by atoms with van der Waals surface area (Å²) in [5, 5.41) is 19.1. The fraction of sp³-hybridized carbons (Fsp3) is 0.143. The maximum absolute atomic E-state index is 10.2. The number of nitro groups is 1. The molecule has 0 aliphatic rings. The summed E-state index contributed by atoms with van der Waals surface area (Å²) in [6, 6.07) is 4.64. The van der Waals surface area contributed by atoms with Gasteiger partial charge in [-0.15, -0.1) is 0 Å². The number of benzene rings is 1. The van der Waals surface area contributed by atoms with Crippen LogP contribution in [0, 0.1) is 10.1 Å². The molecule has 1 rings (SSSR count). The molecule has 0 bridgehead atoms. The monoisotopic (exact) mass is 155 g/mol. The van der Waals surface area contributed by atoms with Crippen LogP contribution in [0.3, 0.4) is 0 Å². The largest absolute Gasteiger partial charge is 0.392 e. The Labute approximate surface area is 66.1 Å². The highest BCUT2D eigenvalue weighted by Gasteiger charge is 2.02. The third kappa shape index (κ3) is 1.75. The van der Waals surface area contributed by atoms with Crippen LogP contribution in [0.15, 0.2) is 24.3 Å². The van der Waals surface area contributed by atoms with E-state index in [1.165, 1.54) is 12.1 Å². The minimum absolute atomic E-state index is 0.00176. The quantitative estimate of drug-likeness (QED) is 0.513. The molecule has 58 valence electrons. The van der Waals surface area contributed by atoms with Crippen LogP contribution in [-0.4, -0.2) is 10.0 Å². The van der Waals surface area contributed by atoms with Gasteiger partial charge in [0.2, 0.25) is 0 Å². The van der Waals surface area contributed by atoms with Crippen molar-refractivity contribution in [2.75, 3.05) is 0 Å². The van der Waals surface area contributed by atoms with Gasteiger partial charge in [-0.1, -0.05) is 0 Å². The summed E-state index contributed by atoms with van der Waals surface area (Å²) < 4.78 is 13.8. The predicted molar refractivity (Wildman–Crippen MR) is 39.0 cm³/mol. The van der Waals surface area contributed by atoms with Gasteiger partial charge < -0.3 is 5.11 Å².